The van der Waals surface area contributed by atoms with Crippen LogP contribution in [0.3, 0.4) is 0 Å². The maximum absolute atomic E-state index is 13.6. The molecule has 0 spiro atoms. The molecule has 1 atom stereocenters. The van der Waals surface area contributed by atoms with E-state index in [-0.39, 0.29) is 6.54 Å². The summed E-state index contributed by atoms with van der Waals surface area (Å²) in [5.41, 5.74) is 0.467. The Hall–Kier alpha value is -2.70. The minimum Gasteiger partial charge on any atom is -0.455 e. The zero-order valence-corrected chi connectivity index (χ0v) is 15.3. The summed E-state index contributed by atoms with van der Waals surface area (Å²) in [6.45, 7) is 0.478. The standard InChI is InChI=1S/C20H17ClF2N2O2/c1-25(12-19(26)24-20-16(22)3-2-4-17(20)23)11-15-9-10-18(27-15)13-5-7-14(21)8-6-13/h2-10H,11-12H2,1H3,(H,24,26)/p+1. The van der Waals surface area contributed by atoms with E-state index in [2.05, 4.69) is 5.32 Å². The van der Waals surface area contributed by atoms with E-state index in [9.17, 15) is 13.6 Å². The molecule has 1 amide bonds. The highest BCUT2D eigenvalue weighted by Gasteiger charge is 2.17. The molecule has 0 saturated carbocycles. The quantitative estimate of drug-likeness (QED) is 0.675. The van der Waals surface area contributed by atoms with Crippen LogP contribution in [-0.4, -0.2) is 19.5 Å². The summed E-state index contributed by atoms with van der Waals surface area (Å²) in [5, 5.41) is 2.92. The first kappa shape index (κ1) is 19.1. The fourth-order valence-electron chi connectivity index (χ4n) is 2.68. The first-order valence-corrected chi connectivity index (χ1v) is 8.70. The maximum atomic E-state index is 13.6. The van der Waals surface area contributed by atoms with Crippen LogP contribution in [0.15, 0.2) is 59.0 Å². The number of para-hydroxylation sites is 1. The lowest BCUT2D eigenvalue weighted by Gasteiger charge is -2.13. The summed E-state index contributed by atoms with van der Waals surface area (Å²) in [5.74, 6) is -0.699. The fraction of sp³-hybridized carbons (Fsp3) is 0.150. The van der Waals surface area contributed by atoms with Crippen molar-refractivity contribution in [1.29, 1.82) is 0 Å². The molecule has 27 heavy (non-hydrogen) atoms. The number of amides is 1. The van der Waals surface area contributed by atoms with Gasteiger partial charge >= 0.3 is 0 Å². The molecular weight excluding hydrogens is 374 g/mol. The van der Waals surface area contributed by atoms with E-state index in [1.165, 1.54) is 6.07 Å². The highest BCUT2D eigenvalue weighted by molar-refractivity contribution is 6.30. The second-order valence-electron chi connectivity index (χ2n) is 6.23. The lowest BCUT2D eigenvalue weighted by molar-refractivity contribution is -0.886. The van der Waals surface area contributed by atoms with Crippen LogP contribution in [0.5, 0.6) is 0 Å². The average Bonchev–Trinajstić information content (AvgIpc) is 3.07. The van der Waals surface area contributed by atoms with Gasteiger partial charge in [0.15, 0.2) is 12.3 Å². The number of carbonyl (C=O) groups excluding carboxylic acids is 1. The predicted octanol–water partition coefficient (Wildman–Crippen LogP) is 3.53. The molecule has 0 aliphatic heterocycles. The van der Waals surface area contributed by atoms with Crippen LogP contribution in [0.25, 0.3) is 11.3 Å². The van der Waals surface area contributed by atoms with Crippen LogP contribution in [0.1, 0.15) is 5.76 Å². The number of carbonyl (C=O) groups is 1. The molecule has 2 N–H and O–H groups in total. The zero-order chi connectivity index (χ0) is 19.4. The average molecular weight is 392 g/mol. The van der Waals surface area contributed by atoms with E-state index in [0.717, 1.165) is 22.6 Å². The molecule has 7 heteroatoms. The molecule has 0 saturated heterocycles. The van der Waals surface area contributed by atoms with E-state index in [0.29, 0.717) is 23.1 Å². The Morgan fingerprint density at radius 2 is 1.74 bits per heavy atom. The third kappa shape index (κ3) is 4.93. The smallest absolute Gasteiger partial charge is 0.279 e. The van der Waals surface area contributed by atoms with Crippen molar-refractivity contribution in [3.63, 3.8) is 0 Å². The number of hydrogen-bond acceptors (Lipinski definition) is 2. The molecule has 1 unspecified atom stereocenters. The van der Waals surface area contributed by atoms with Gasteiger partial charge in [-0.2, -0.15) is 0 Å². The van der Waals surface area contributed by atoms with Crippen LogP contribution >= 0.6 is 11.6 Å². The summed E-state index contributed by atoms with van der Waals surface area (Å²) in [4.78, 5) is 12.9. The van der Waals surface area contributed by atoms with E-state index in [4.69, 9.17) is 16.0 Å². The van der Waals surface area contributed by atoms with Gasteiger partial charge in [-0.05, 0) is 48.5 Å². The number of quaternary nitrogens is 1. The predicted molar refractivity (Wildman–Crippen MR) is 99.6 cm³/mol. The molecule has 0 aliphatic rings. The van der Waals surface area contributed by atoms with Crippen molar-refractivity contribution >= 4 is 23.2 Å². The van der Waals surface area contributed by atoms with Gasteiger partial charge in [-0.3, -0.25) is 4.79 Å². The van der Waals surface area contributed by atoms with E-state index < -0.39 is 23.2 Å². The number of hydrogen-bond donors (Lipinski definition) is 2. The summed E-state index contributed by atoms with van der Waals surface area (Å²) in [7, 11) is 1.79. The number of furan rings is 1. The minimum atomic E-state index is -0.806. The van der Waals surface area contributed by atoms with Gasteiger partial charge < -0.3 is 14.6 Å². The summed E-state index contributed by atoms with van der Waals surface area (Å²) in [6.07, 6.45) is 0. The van der Waals surface area contributed by atoms with Gasteiger partial charge in [-0.15, -0.1) is 0 Å². The second kappa shape index (κ2) is 8.33. The van der Waals surface area contributed by atoms with Crippen LogP contribution in [0.4, 0.5) is 14.5 Å². The molecule has 1 aromatic heterocycles. The highest BCUT2D eigenvalue weighted by Crippen LogP contribution is 2.23. The third-order valence-electron chi connectivity index (χ3n) is 3.96. The number of anilines is 1. The van der Waals surface area contributed by atoms with Crippen molar-refractivity contribution in [2.24, 2.45) is 0 Å². The molecule has 140 valence electrons. The summed E-state index contributed by atoms with van der Waals surface area (Å²) >= 11 is 5.88. The Labute approximate surface area is 160 Å². The Morgan fingerprint density at radius 3 is 2.41 bits per heavy atom. The number of benzene rings is 2. The van der Waals surface area contributed by atoms with E-state index in [1.807, 2.05) is 24.3 Å². The largest absolute Gasteiger partial charge is 0.455 e. The molecule has 0 bridgehead atoms. The van der Waals surface area contributed by atoms with Crippen molar-refractivity contribution in [2.75, 3.05) is 18.9 Å². The van der Waals surface area contributed by atoms with Gasteiger partial charge in [0, 0.05) is 10.6 Å². The lowest BCUT2D eigenvalue weighted by Crippen LogP contribution is -3.08. The van der Waals surface area contributed by atoms with Crippen LogP contribution in [0.2, 0.25) is 5.02 Å². The maximum Gasteiger partial charge on any atom is 0.279 e. The van der Waals surface area contributed by atoms with Crippen LogP contribution < -0.4 is 10.2 Å². The van der Waals surface area contributed by atoms with Crippen molar-refractivity contribution in [2.45, 2.75) is 6.54 Å². The van der Waals surface area contributed by atoms with Crippen molar-refractivity contribution in [3.05, 3.63) is 77.0 Å². The van der Waals surface area contributed by atoms with Gasteiger partial charge in [0.25, 0.3) is 5.91 Å². The normalized spacial score (nSPS) is 12.0. The number of rotatable bonds is 6. The monoisotopic (exact) mass is 391 g/mol. The molecule has 3 rings (SSSR count). The molecule has 0 aliphatic carbocycles. The third-order valence-corrected chi connectivity index (χ3v) is 4.21. The van der Waals surface area contributed by atoms with E-state index in [1.54, 1.807) is 19.2 Å². The lowest BCUT2D eigenvalue weighted by atomic mass is 10.2. The van der Waals surface area contributed by atoms with Crippen LogP contribution in [0, 0.1) is 11.6 Å². The van der Waals surface area contributed by atoms with Gasteiger partial charge in [0.05, 0.1) is 7.05 Å². The topological polar surface area (TPSA) is 46.7 Å². The second-order valence-corrected chi connectivity index (χ2v) is 6.66. The van der Waals surface area contributed by atoms with Crippen molar-refractivity contribution < 1.29 is 22.9 Å². The van der Waals surface area contributed by atoms with Gasteiger partial charge in [-0.1, -0.05) is 17.7 Å². The number of likely N-dealkylation sites (N-methyl/N-ethyl adjacent to an activating group) is 1. The molecule has 2 aromatic carbocycles. The molecule has 3 aromatic rings. The van der Waals surface area contributed by atoms with Gasteiger partial charge in [-0.25, -0.2) is 8.78 Å². The summed E-state index contributed by atoms with van der Waals surface area (Å²) < 4.78 is 33.0. The highest BCUT2D eigenvalue weighted by atomic mass is 35.5. The SMILES string of the molecule is C[NH+](CC(=O)Nc1c(F)cccc1F)Cc1ccc(-c2ccc(Cl)cc2)o1. The van der Waals surface area contributed by atoms with Crippen molar-refractivity contribution in [1.82, 2.24) is 0 Å². The number of halogens is 3. The molecule has 0 fully saturated rings. The first-order chi connectivity index (χ1) is 12.9. The molecule has 1 heterocycles. The van der Waals surface area contributed by atoms with Crippen molar-refractivity contribution in [3.8, 4) is 11.3 Å². The molecule has 0 radical (unpaired) electrons. The Kier molecular flexibility index (Phi) is 5.88. The Bertz CT molecular complexity index is 921. The van der Waals surface area contributed by atoms with Crippen LogP contribution in [-0.2, 0) is 11.3 Å². The van der Waals surface area contributed by atoms with Gasteiger partial charge in [0.2, 0.25) is 0 Å². The van der Waals surface area contributed by atoms with Gasteiger partial charge in [0.1, 0.15) is 29.6 Å². The minimum absolute atomic E-state index is 0.0325. The number of nitrogens with one attached hydrogen (secondary N) is 2. The Balaban J connectivity index is 1.58. The molecule has 4 nitrogen and oxygen atoms in total. The Morgan fingerprint density at radius 1 is 1.07 bits per heavy atom. The molecular formula is C20H18ClF2N2O2+. The zero-order valence-electron chi connectivity index (χ0n) is 14.6. The summed E-state index contributed by atoms with van der Waals surface area (Å²) in [6, 6.07) is 14.4. The first-order valence-electron chi connectivity index (χ1n) is 8.32. The fourth-order valence-corrected chi connectivity index (χ4v) is 2.80. The van der Waals surface area contributed by atoms with E-state index >= 15 is 0 Å².